The summed E-state index contributed by atoms with van der Waals surface area (Å²) in [4.78, 5) is 25.9. The molecule has 0 spiro atoms. The molecule has 2 saturated heterocycles. The van der Waals surface area contributed by atoms with Crippen LogP contribution in [0.2, 0.25) is 5.02 Å². The Kier molecular flexibility index (Phi) is 5.34. The number of piperazine rings is 1. The summed E-state index contributed by atoms with van der Waals surface area (Å²) in [5, 5.41) is 5.00. The number of nitrogens with two attached hydrogens (primary N) is 1. The molecule has 168 valence electrons. The minimum Gasteiger partial charge on any atom is -0.383 e. The summed E-state index contributed by atoms with van der Waals surface area (Å²) in [6, 6.07) is 4.43. The smallest absolute Gasteiger partial charge is 0.251 e. The summed E-state index contributed by atoms with van der Waals surface area (Å²) in [6.07, 6.45) is 1.39. The quantitative estimate of drug-likeness (QED) is 0.640. The average molecular weight is 460 g/mol. The first-order valence-corrected chi connectivity index (χ1v) is 10.9. The molecule has 1 amide bonds. The molecule has 2 aromatic heterocycles. The Morgan fingerprint density at radius 1 is 1.25 bits per heavy atom. The van der Waals surface area contributed by atoms with Gasteiger partial charge in [-0.3, -0.25) is 9.48 Å². The topological polar surface area (TPSA) is 102 Å². The van der Waals surface area contributed by atoms with Crippen molar-refractivity contribution in [1.29, 1.82) is 0 Å². The molecule has 1 aromatic carbocycles. The van der Waals surface area contributed by atoms with E-state index in [1.165, 1.54) is 16.8 Å². The van der Waals surface area contributed by atoms with Crippen LogP contribution in [0.1, 0.15) is 12.8 Å². The van der Waals surface area contributed by atoms with E-state index in [0.717, 1.165) is 12.8 Å². The van der Waals surface area contributed by atoms with E-state index in [1.807, 2.05) is 9.80 Å². The van der Waals surface area contributed by atoms with E-state index in [9.17, 15) is 9.18 Å². The van der Waals surface area contributed by atoms with Crippen LogP contribution in [0.4, 0.5) is 16.2 Å². The van der Waals surface area contributed by atoms with Crippen LogP contribution in [0.15, 0.2) is 18.2 Å². The van der Waals surface area contributed by atoms with E-state index >= 15 is 0 Å². The number of aryl methyl sites for hydroxylation is 1. The van der Waals surface area contributed by atoms with Crippen LogP contribution < -0.4 is 10.6 Å². The van der Waals surface area contributed by atoms with Crippen molar-refractivity contribution in [2.75, 3.05) is 43.4 Å². The summed E-state index contributed by atoms with van der Waals surface area (Å²) in [7, 11) is 1.73. The van der Waals surface area contributed by atoms with Crippen LogP contribution in [0.5, 0.6) is 0 Å². The number of ether oxygens (including phenoxy) is 1. The first-order valence-electron chi connectivity index (χ1n) is 10.5. The Bertz CT molecular complexity index is 1190. The van der Waals surface area contributed by atoms with Crippen molar-refractivity contribution in [3.05, 3.63) is 29.0 Å². The Labute approximate surface area is 188 Å². The molecule has 0 unspecified atom stereocenters. The zero-order valence-electron chi connectivity index (χ0n) is 17.6. The average Bonchev–Trinajstić information content (AvgIpc) is 3.43. The number of fused-ring (bicyclic) bond motifs is 1. The highest BCUT2D eigenvalue weighted by Crippen LogP contribution is 2.33. The Morgan fingerprint density at radius 3 is 2.72 bits per heavy atom. The Balaban J connectivity index is 1.46. The van der Waals surface area contributed by atoms with Gasteiger partial charge in [-0.1, -0.05) is 11.6 Å². The highest BCUT2D eigenvalue weighted by Gasteiger charge is 2.31. The van der Waals surface area contributed by atoms with Crippen LogP contribution in [-0.2, 0) is 16.6 Å². The minimum absolute atomic E-state index is 0.000433. The lowest BCUT2D eigenvalue weighted by atomic mass is 10.1. The fraction of sp³-hybridized carbons (Fsp3) is 0.429. The van der Waals surface area contributed by atoms with Gasteiger partial charge in [0.25, 0.3) is 5.91 Å². The van der Waals surface area contributed by atoms with Gasteiger partial charge in [-0.2, -0.15) is 10.1 Å². The molecule has 2 aliphatic rings. The number of halogens is 2. The van der Waals surface area contributed by atoms with Crippen molar-refractivity contribution in [3.63, 3.8) is 0 Å². The number of hydrogen-bond acceptors (Lipinski definition) is 7. The first kappa shape index (κ1) is 20.9. The number of anilines is 2. The molecule has 0 bridgehead atoms. The van der Waals surface area contributed by atoms with Crippen molar-refractivity contribution in [2.24, 2.45) is 7.05 Å². The van der Waals surface area contributed by atoms with Gasteiger partial charge in [-0.05, 0) is 31.0 Å². The largest absolute Gasteiger partial charge is 0.383 e. The molecule has 0 saturated carbocycles. The zero-order valence-corrected chi connectivity index (χ0v) is 18.3. The Morgan fingerprint density at radius 2 is 2.03 bits per heavy atom. The van der Waals surface area contributed by atoms with E-state index in [2.05, 4.69) is 10.1 Å². The van der Waals surface area contributed by atoms with Gasteiger partial charge in [0.2, 0.25) is 5.95 Å². The van der Waals surface area contributed by atoms with E-state index in [0.29, 0.717) is 66.8 Å². The molecule has 9 nitrogen and oxygen atoms in total. The highest BCUT2D eigenvalue weighted by molar-refractivity contribution is 6.31. The molecular weight excluding hydrogens is 437 g/mol. The molecule has 5 rings (SSSR count). The minimum atomic E-state index is -0.507. The van der Waals surface area contributed by atoms with Crippen LogP contribution in [-0.4, -0.2) is 69.4 Å². The number of carbonyl (C=O) groups excluding carboxylic acids is 1. The Hall–Kier alpha value is -2.98. The van der Waals surface area contributed by atoms with Gasteiger partial charge in [0, 0.05) is 45.4 Å². The molecule has 2 aliphatic heterocycles. The molecule has 2 fully saturated rings. The zero-order chi connectivity index (χ0) is 22.4. The van der Waals surface area contributed by atoms with Crippen molar-refractivity contribution in [3.8, 4) is 11.3 Å². The number of hydrogen-bond donors (Lipinski definition) is 1. The second-order valence-electron chi connectivity index (χ2n) is 8.02. The fourth-order valence-electron chi connectivity index (χ4n) is 4.20. The molecule has 0 radical (unpaired) electrons. The predicted molar refractivity (Wildman–Crippen MR) is 119 cm³/mol. The van der Waals surface area contributed by atoms with Gasteiger partial charge in [0.05, 0.1) is 16.1 Å². The van der Waals surface area contributed by atoms with Crippen LogP contribution >= 0.6 is 11.6 Å². The lowest BCUT2D eigenvalue weighted by Gasteiger charge is -2.35. The fourth-order valence-corrected chi connectivity index (χ4v) is 4.38. The van der Waals surface area contributed by atoms with Gasteiger partial charge >= 0.3 is 0 Å². The van der Waals surface area contributed by atoms with E-state index < -0.39 is 5.82 Å². The molecule has 32 heavy (non-hydrogen) atoms. The van der Waals surface area contributed by atoms with E-state index in [1.54, 1.807) is 13.1 Å². The third-order valence-electron chi connectivity index (χ3n) is 6.00. The van der Waals surface area contributed by atoms with Gasteiger partial charge in [0.15, 0.2) is 5.65 Å². The van der Waals surface area contributed by atoms with Crippen molar-refractivity contribution >= 4 is 40.3 Å². The number of nitrogen functional groups attached to an aromatic ring is 1. The summed E-state index contributed by atoms with van der Waals surface area (Å²) in [5.41, 5.74) is 7.83. The van der Waals surface area contributed by atoms with Crippen molar-refractivity contribution in [2.45, 2.75) is 18.9 Å². The summed E-state index contributed by atoms with van der Waals surface area (Å²) >= 11 is 6.02. The van der Waals surface area contributed by atoms with E-state index in [-0.39, 0.29) is 17.0 Å². The number of rotatable bonds is 3. The van der Waals surface area contributed by atoms with Crippen molar-refractivity contribution in [1.82, 2.24) is 24.6 Å². The van der Waals surface area contributed by atoms with Crippen molar-refractivity contribution < 1.29 is 13.9 Å². The van der Waals surface area contributed by atoms with Gasteiger partial charge < -0.3 is 20.3 Å². The molecule has 1 atom stereocenters. The standard InChI is InChI=1S/C21H23ClFN7O2/c1-28-18(24)16-17(12-4-5-14(23)13(22)11-12)25-21(26-19(16)27-28)30-8-6-29(7-9-30)20(31)15-3-2-10-32-15/h4-5,11,15H,2-3,6-10,24H2,1H3/t15-/m0/s1. The summed E-state index contributed by atoms with van der Waals surface area (Å²) < 4.78 is 20.8. The van der Waals surface area contributed by atoms with E-state index in [4.69, 9.17) is 27.1 Å². The number of benzene rings is 1. The second-order valence-corrected chi connectivity index (χ2v) is 8.43. The third kappa shape index (κ3) is 3.63. The second kappa shape index (κ2) is 8.18. The molecule has 0 aliphatic carbocycles. The van der Waals surface area contributed by atoms with Gasteiger partial charge in [-0.15, -0.1) is 0 Å². The maximum atomic E-state index is 13.7. The maximum absolute atomic E-state index is 13.7. The summed E-state index contributed by atoms with van der Waals surface area (Å²) in [6.45, 7) is 2.92. The summed E-state index contributed by atoms with van der Waals surface area (Å²) in [5.74, 6) is 0.439. The third-order valence-corrected chi connectivity index (χ3v) is 6.29. The number of carbonyl (C=O) groups is 1. The molecule has 3 aromatic rings. The molecular formula is C21H23ClFN7O2. The number of nitrogens with zero attached hydrogens (tertiary/aromatic N) is 6. The predicted octanol–water partition coefficient (Wildman–Crippen LogP) is 2.23. The van der Waals surface area contributed by atoms with Gasteiger partial charge in [-0.25, -0.2) is 9.37 Å². The lowest BCUT2D eigenvalue weighted by Crippen LogP contribution is -2.51. The monoisotopic (exact) mass is 459 g/mol. The maximum Gasteiger partial charge on any atom is 0.251 e. The van der Waals surface area contributed by atoms with Crippen LogP contribution in [0, 0.1) is 5.82 Å². The highest BCUT2D eigenvalue weighted by atomic mass is 35.5. The number of amides is 1. The number of aromatic nitrogens is 4. The van der Waals surface area contributed by atoms with Crippen LogP contribution in [0.25, 0.3) is 22.3 Å². The molecule has 2 N–H and O–H groups in total. The lowest BCUT2D eigenvalue weighted by molar-refractivity contribution is -0.141. The van der Waals surface area contributed by atoms with Crippen LogP contribution in [0.3, 0.4) is 0 Å². The molecule has 11 heteroatoms. The van der Waals surface area contributed by atoms with Gasteiger partial charge in [0.1, 0.15) is 17.7 Å². The SMILES string of the molecule is Cn1nc2nc(N3CCN(C(=O)[C@@H]4CCCO4)CC3)nc(-c3ccc(F)c(Cl)c3)c2c1N. The normalized spacial score (nSPS) is 19.2. The first-order chi connectivity index (χ1) is 15.4. The molecule has 4 heterocycles.